The number of anilines is 1. The summed E-state index contributed by atoms with van der Waals surface area (Å²) in [5.41, 5.74) is 1.17. The van der Waals surface area contributed by atoms with E-state index in [1.165, 1.54) is 23.6 Å². The van der Waals surface area contributed by atoms with Crippen LogP contribution in [-0.2, 0) is 4.79 Å². The van der Waals surface area contributed by atoms with Crippen LogP contribution >= 0.6 is 22.9 Å². The van der Waals surface area contributed by atoms with Gasteiger partial charge in [-0.05, 0) is 30.7 Å². The van der Waals surface area contributed by atoms with E-state index in [0.717, 1.165) is 6.08 Å². The van der Waals surface area contributed by atoms with Crippen LogP contribution in [0, 0.1) is 6.92 Å². The maximum absolute atomic E-state index is 12.1. The number of amides is 1. The first-order valence-corrected chi connectivity index (χ1v) is 7.10. The summed E-state index contributed by atoms with van der Waals surface area (Å²) in [6.45, 7) is 1.76. The Morgan fingerprint density at radius 3 is 2.90 bits per heavy atom. The number of carboxylic acid groups (broad SMARTS) is 1. The number of hydrogen-bond acceptors (Lipinski definition) is 4. The predicted molar refractivity (Wildman–Crippen MR) is 82.9 cm³/mol. The minimum atomic E-state index is -1.04. The van der Waals surface area contributed by atoms with E-state index < -0.39 is 5.97 Å². The molecule has 1 aromatic carbocycles. The van der Waals surface area contributed by atoms with Crippen molar-refractivity contribution in [2.45, 2.75) is 6.92 Å². The van der Waals surface area contributed by atoms with Crippen molar-refractivity contribution in [2.24, 2.45) is 0 Å². The number of hydrogen-bond donors (Lipinski definition) is 2. The Morgan fingerprint density at radius 1 is 1.43 bits per heavy atom. The Bertz CT molecular complexity index is 725. The molecular weight excluding hydrogens is 312 g/mol. The molecule has 21 heavy (non-hydrogen) atoms. The minimum absolute atomic E-state index is 0.307. The molecule has 0 unspecified atom stereocenters. The van der Waals surface area contributed by atoms with Gasteiger partial charge in [-0.15, -0.1) is 0 Å². The van der Waals surface area contributed by atoms with Crippen LogP contribution in [0.3, 0.4) is 0 Å². The topological polar surface area (TPSA) is 79.3 Å². The van der Waals surface area contributed by atoms with Crippen LogP contribution in [0.1, 0.15) is 20.8 Å². The number of carbonyl (C=O) groups is 2. The summed E-state index contributed by atoms with van der Waals surface area (Å²) < 4.78 is 0. The third-order valence-corrected chi connectivity index (χ3v) is 3.93. The molecule has 2 N–H and O–H groups in total. The second kappa shape index (κ2) is 6.51. The van der Waals surface area contributed by atoms with Gasteiger partial charge < -0.3 is 5.11 Å². The van der Waals surface area contributed by atoms with Gasteiger partial charge in [0.05, 0.1) is 0 Å². The van der Waals surface area contributed by atoms with Crippen LogP contribution in [0.4, 0.5) is 5.13 Å². The lowest BCUT2D eigenvalue weighted by atomic mass is 10.1. The van der Waals surface area contributed by atoms with E-state index >= 15 is 0 Å². The van der Waals surface area contributed by atoms with Gasteiger partial charge in [0.1, 0.15) is 0 Å². The first-order chi connectivity index (χ1) is 9.97. The van der Waals surface area contributed by atoms with Crippen molar-refractivity contribution in [3.8, 4) is 0 Å². The second-order valence-electron chi connectivity index (χ2n) is 4.11. The van der Waals surface area contributed by atoms with Crippen LogP contribution < -0.4 is 5.32 Å². The standard InChI is InChI=1S/C14H11ClN2O3S/c1-8-10(3-2-4-11(8)15)13(20)17-14-16-7-9(21-14)5-6-12(18)19/h2-7H,1H3,(H,18,19)(H,16,17,20)/b6-5+. The molecule has 0 radical (unpaired) electrons. The number of carboxylic acids is 1. The summed E-state index contributed by atoms with van der Waals surface area (Å²) in [5.74, 6) is -1.35. The zero-order chi connectivity index (χ0) is 15.4. The Morgan fingerprint density at radius 2 is 2.19 bits per heavy atom. The van der Waals surface area contributed by atoms with Gasteiger partial charge in [0, 0.05) is 27.7 Å². The molecule has 0 spiro atoms. The first kappa shape index (κ1) is 15.2. The molecular formula is C14H11ClN2O3S. The Balaban J connectivity index is 2.13. The van der Waals surface area contributed by atoms with Crippen LogP contribution in [0.15, 0.2) is 30.5 Å². The lowest BCUT2D eigenvalue weighted by Gasteiger charge is -2.06. The quantitative estimate of drug-likeness (QED) is 0.845. The van der Waals surface area contributed by atoms with Gasteiger partial charge in [-0.25, -0.2) is 9.78 Å². The molecule has 1 heterocycles. The van der Waals surface area contributed by atoms with Crippen molar-refractivity contribution in [3.63, 3.8) is 0 Å². The highest BCUT2D eigenvalue weighted by molar-refractivity contribution is 7.16. The fourth-order valence-corrected chi connectivity index (χ4v) is 2.48. The van der Waals surface area contributed by atoms with Crippen molar-refractivity contribution in [2.75, 3.05) is 5.32 Å². The molecule has 0 bridgehead atoms. The molecule has 0 saturated heterocycles. The number of nitrogens with zero attached hydrogens (tertiary/aromatic N) is 1. The van der Waals surface area contributed by atoms with E-state index in [9.17, 15) is 9.59 Å². The number of benzene rings is 1. The van der Waals surface area contributed by atoms with Crippen molar-refractivity contribution in [1.29, 1.82) is 0 Å². The number of nitrogens with one attached hydrogen (secondary N) is 1. The summed E-state index contributed by atoms with van der Waals surface area (Å²) in [4.78, 5) is 27.2. The van der Waals surface area contributed by atoms with Crippen LogP contribution in [0.5, 0.6) is 0 Å². The molecule has 108 valence electrons. The van der Waals surface area contributed by atoms with Crippen LogP contribution in [0.25, 0.3) is 6.08 Å². The maximum Gasteiger partial charge on any atom is 0.328 e. The Labute approximate surface area is 129 Å². The summed E-state index contributed by atoms with van der Waals surface area (Å²) in [6, 6.07) is 5.09. The molecule has 0 fully saturated rings. The van der Waals surface area contributed by atoms with Gasteiger partial charge in [-0.3, -0.25) is 10.1 Å². The van der Waals surface area contributed by atoms with Gasteiger partial charge >= 0.3 is 5.97 Å². The van der Waals surface area contributed by atoms with Crippen molar-refractivity contribution < 1.29 is 14.7 Å². The molecule has 2 aromatic rings. The summed E-state index contributed by atoms with van der Waals surface area (Å²) in [7, 11) is 0. The molecule has 0 aliphatic rings. The third kappa shape index (κ3) is 3.90. The van der Waals surface area contributed by atoms with Gasteiger partial charge in [0.25, 0.3) is 5.91 Å². The van der Waals surface area contributed by atoms with Gasteiger partial charge in [0.2, 0.25) is 0 Å². The highest BCUT2D eigenvalue weighted by atomic mass is 35.5. The number of thiazole rings is 1. The van der Waals surface area contributed by atoms with E-state index in [2.05, 4.69) is 10.3 Å². The fraction of sp³-hybridized carbons (Fsp3) is 0.0714. The van der Waals surface area contributed by atoms with E-state index in [1.54, 1.807) is 25.1 Å². The molecule has 1 amide bonds. The number of carbonyl (C=O) groups excluding carboxylic acids is 1. The highest BCUT2D eigenvalue weighted by Gasteiger charge is 2.12. The number of aromatic nitrogens is 1. The molecule has 0 aliphatic heterocycles. The second-order valence-corrected chi connectivity index (χ2v) is 5.58. The lowest BCUT2D eigenvalue weighted by Crippen LogP contribution is -2.13. The Kier molecular flexibility index (Phi) is 4.72. The molecule has 0 saturated carbocycles. The Hall–Kier alpha value is -2.18. The molecule has 0 aliphatic carbocycles. The smallest absolute Gasteiger partial charge is 0.328 e. The van der Waals surface area contributed by atoms with E-state index in [4.69, 9.17) is 16.7 Å². The van der Waals surface area contributed by atoms with Gasteiger partial charge in [-0.1, -0.05) is 29.0 Å². The molecule has 2 rings (SSSR count). The minimum Gasteiger partial charge on any atom is -0.478 e. The van der Waals surface area contributed by atoms with Crippen molar-refractivity contribution in [3.05, 3.63) is 51.5 Å². The summed E-state index contributed by atoms with van der Waals surface area (Å²) >= 11 is 7.16. The van der Waals surface area contributed by atoms with Crippen molar-refractivity contribution >= 4 is 46.0 Å². The average molecular weight is 323 g/mol. The van der Waals surface area contributed by atoms with E-state index in [0.29, 0.717) is 26.2 Å². The largest absolute Gasteiger partial charge is 0.478 e. The molecule has 1 aromatic heterocycles. The first-order valence-electron chi connectivity index (χ1n) is 5.90. The lowest BCUT2D eigenvalue weighted by molar-refractivity contribution is -0.131. The normalized spacial score (nSPS) is 10.8. The van der Waals surface area contributed by atoms with E-state index in [1.807, 2.05) is 0 Å². The maximum atomic E-state index is 12.1. The summed E-state index contributed by atoms with van der Waals surface area (Å²) in [6.07, 6.45) is 3.92. The fourth-order valence-electron chi connectivity index (χ4n) is 1.59. The zero-order valence-corrected chi connectivity index (χ0v) is 12.5. The number of halogens is 1. The molecule has 5 nitrogen and oxygen atoms in total. The zero-order valence-electron chi connectivity index (χ0n) is 11.0. The average Bonchev–Trinajstić information content (AvgIpc) is 2.87. The van der Waals surface area contributed by atoms with Crippen LogP contribution in [0.2, 0.25) is 5.02 Å². The van der Waals surface area contributed by atoms with E-state index in [-0.39, 0.29) is 5.91 Å². The third-order valence-electron chi connectivity index (χ3n) is 2.65. The van der Waals surface area contributed by atoms with Gasteiger partial charge in [-0.2, -0.15) is 0 Å². The van der Waals surface area contributed by atoms with Gasteiger partial charge in [0.15, 0.2) is 5.13 Å². The molecule has 7 heteroatoms. The molecule has 0 atom stereocenters. The number of rotatable bonds is 4. The van der Waals surface area contributed by atoms with Crippen molar-refractivity contribution in [1.82, 2.24) is 4.98 Å². The predicted octanol–water partition coefficient (Wildman–Crippen LogP) is 3.46. The summed E-state index contributed by atoms with van der Waals surface area (Å²) in [5, 5.41) is 12.1. The highest BCUT2D eigenvalue weighted by Crippen LogP contribution is 2.22. The number of aliphatic carboxylic acids is 1. The SMILES string of the molecule is Cc1c(Cl)cccc1C(=O)Nc1ncc(/C=C/C(=O)O)s1. The monoisotopic (exact) mass is 322 g/mol. The van der Waals surface area contributed by atoms with Crippen LogP contribution in [-0.4, -0.2) is 22.0 Å².